The standard InChI is InChI=1S/C16H23NO2/c17-16(8-2-1-3-9-16)13-5-4-6-14(11-13)19-15-7-10-18-12-15/h4-6,11,15H,1-3,7-10,12,17H2. The van der Waals surface area contributed by atoms with Gasteiger partial charge in [0.1, 0.15) is 11.9 Å². The van der Waals surface area contributed by atoms with Crippen molar-refractivity contribution < 1.29 is 9.47 Å². The van der Waals surface area contributed by atoms with E-state index in [9.17, 15) is 0 Å². The SMILES string of the molecule is NC1(c2cccc(OC3CCOC3)c2)CCCCC1. The molecule has 1 heterocycles. The fraction of sp³-hybridized carbons (Fsp3) is 0.625. The molecule has 2 N–H and O–H groups in total. The summed E-state index contributed by atoms with van der Waals surface area (Å²) >= 11 is 0. The molecule has 3 nitrogen and oxygen atoms in total. The third kappa shape index (κ3) is 2.93. The third-order valence-corrected chi connectivity index (χ3v) is 4.35. The van der Waals surface area contributed by atoms with Gasteiger partial charge in [0.25, 0.3) is 0 Å². The highest BCUT2D eigenvalue weighted by Gasteiger charge is 2.29. The summed E-state index contributed by atoms with van der Waals surface area (Å²) in [4.78, 5) is 0. The number of benzene rings is 1. The summed E-state index contributed by atoms with van der Waals surface area (Å²) in [6.07, 6.45) is 7.14. The van der Waals surface area contributed by atoms with Gasteiger partial charge in [0.15, 0.2) is 0 Å². The van der Waals surface area contributed by atoms with Crippen LogP contribution in [0.3, 0.4) is 0 Å². The van der Waals surface area contributed by atoms with Gasteiger partial charge < -0.3 is 15.2 Å². The van der Waals surface area contributed by atoms with Gasteiger partial charge in [-0.2, -0.15) is 0 Å². The zero-order chi connectivity index (χ0) is 13.1. The first-order valence-corrected chi connectivity index (χ1v) is 7.40. The molecule has 1 aromatic rings. The second-order valence-electron chi connectivity index (χ2n) is 5.85. The van der Waals surface area contributed by atoms with Crippen LogP contribution < -0.4 is 10.5 Å². The minimum absolute atomic E-state index is 0.149. The highest BCUT2D eigenvalue weighted by molar-refractivity contribution is 5.33. The van der Waals surface area contributed by atoms with Gasteiger partial charge in [-0.25, -0.2) is 0 Å². The molecule has 1 aromatic carbocycles. The second-order valence-corrected chi connectivity index (χ2v) is 5.85. The highest BCUT2D eigenvalue weighted by Crippen LogP contribution is 2.36. The maximum Gasteiger partial charge on any atom is 0.124 e. The molecular formula is C16H23NO2. The Morgan fingerprint density at radius 2 is 2.05 bits per heavy atom. The molecule has 0 amide bonds. The van der Waals surface area contributed by atoms with Crippen molar-refractivity contribution in [2.45, 2.75) is 50.2 Å². The summed E-state index contributed by atoms with van der Waals surface area (Å²) in [6, 6.07) is 8.35. The quantitative estimate of drug-likeness (QED) is 0.909. The van der Waals surface area contributed by atoms with Crippen molar-refractivity contribution in [2.24, 2.45) is 5.73 Å². The summed E-state index contributed by atoms with van der Waals surface area (Å²) in [5.41, 5.74) is 7.65. The Morgan fingerprint density at radius 1 is 1.21 bits per heavy atom. The average molecular weight is 261 g/mol. The van der Waals surface area contributed by atoms with E-state index in [2.05, 4.69) is 18.2 Å². The Hall–Kier alpha value is -1.06. The average Bonchev–Trinajstić information content (AvgIpc) is 2.93. The van der Waals surface area contributed by atoms with Gasteiger partial charge in [0.2, 0.25) is 0 Å². The van der Waals surface area contributed by atoms with Crippen LogP contribution in [0.15, 0.2) is 24.3 Å². The van der Waals surface area contributed by atoms with Crippen LogP contribution in [-0.2, 0) is 10.3 Å². The number of ether oxygens (including phenoxy) is 2. The monoisotopic (exact) mass is 261 g/mol. The lowest BCUT2D eigenvalue weighted by Crippen LogP contribution is -2.38. The summed E-state index contributed by atoms with van der Waals surface area (Å²) < 4.78 is 11.3. The van der Waals surface area contributed by atoms with Gasteiger partial charge in [-0.15, -0.1) is 0 Å². The molecule has 19 heavy (non-hydrogen) atoms. The highest BCUT2D eigenvalue weighted by atomic mass is 16.5. The van der Waals surface area contributed by atoms with Crippen LogP contribution in [0.1, 0.15) is 44.1 Å². The van der Waals surface area contributed by atoms with E-state index in [4.69, 9.17) is 15.2 Å². The second kappa shape index (κ2) is 5.51. The Morgan fingerprint density at radius 3 is 2.79 bits per heavy atom. The lowest BCUT2D eigenvalue weighted by atomic mass is 9.77. The Balaban J connectivity index is 1.74. The van der Waals surface area contributed by atoms with E-state index in [1.807, 2.05) is 6.07 Å². The molecule has 1 atom stereocenters. The lowest BCUT2D eigenvalue weighted by Gasteiger charge is -2.34. The maximum atomic E-state index is 6.58. The number of rotatable bonds is 3. The first kappa shape index (κ1) is 12.9. The minimum atomic E-state index is -0.149. The molecule has 3 heteroatoms. The zero-order valence-corrected chi connectivity index (χ0v) is 11.4. The van der Waals surface area contributed by atoms with Crippen molar-refractivity contribution in [1.29, 1.82) is 0 Å². The number of hydrogen-bond donors (Lipinski definition) is 1. The Bertz CT molecular complexity index is 421. The third-order valence-electron chi connectivity index (χ3n) is 4.35. The molecule has 2 fully saturated rings. The van der Waals surface area contributed by atoms with Gasteiger partial charge >= 0.3 is 0 Å². The fourth-order valence-electron chi connectivity index (χ4n) is 3.15. The molecular weight excluding hydrogens is 238 g/mol. The summed E-state index contributed by atoms with van der Waals surface area (Å²) in [5.74, 6) is 0.934. The van der Waals surface area contributed by atoms with Gasteiger partial charge in [-0.1, -0.05) is 31.4 Å². The topological polar surface area (TPSA) is 44.5 Å². The molecule has 0 bridgehead atoms. The molecule has 2 aliphatic rings. The van der Waals surface area contributed by atoms with Crippen LogP contribution in [0.4, 0.5) is 0 Å². The normalized spacial score (nSPS) is 26.3. The molecule has 0 spiro atoms. The van der Waals surface area contributed by atoms with Crippen LogP contribution in [0.25, 0.3) is 0 Å². The summed E-state index contributed by atoms with van der Waals surface area (Å²) in [7, 11) is 0. The van der Waals surface area contributed by atoms with Gasteiger partial charge in [-0.3, -0.25) is 0 Å². The molecule has 0 radical (unpaired) electrons. The van der Waals surface area contributed by atoms with Crippen LogP contribution in [0.2, 0.25) is 0 Å². The number of hydrogen-bond acceptors (Lipinski definition) is 3. The van der Waals surface area contributed by atoms with Crippen molar-refractivity contribution in [2.75, 3.05) is 13.2 Å². The maximum absolute atomic E-state index is 6.58. The van der Waals surface area contributed by atoms with Crippen LogP contribution in [0, 0.1) is 0 Å². The van der Waals surface area contributed by atoms with E-state index in [0.717, 1.165) is 31.6 Å². The van der Waals surface area contributed by atoms with E-state index >= 15 is 0 Å². The minimum Gasteiger partial charge on any atom is -0.488 e. The predicted octanol–water partition coefficient (Wildman–Crippen LogP) is 2.97. The Labute approximate surface area is 115 Å². The van der Waals surface area contributed by atoms with Crippen molar-refractivity contribution in [1.82, 2.24) is 0 Å². The van der Waals surface area contributed by atoms with E-state index in [1.165, 1.54) is 24.8 Å². The van der Waals surface area contributed by atoms with E-state index < -0.39 is 0 Å². The van der Waals surface area contributed by atoms with Crippen LogP contribution in [0.5, 0.6) is 5.75 Å². The van der Waals surface area contributed by atoms with Gasteiger partial charge in [0, 0.05) is 12.0 Å². The predicted molar refractivity (Wildman–Crippen MR) is 75.2 cm³/mol. The molecule has 3 rings (SSSR count). The molecule has 104 valence electrons. The smallest absolute Gasteiger partial charge is 0.124 e. The molecule has 1 saturated carbocycles. The molecule has 1 aliphatic carbocycles. The van der Waals surface area contributed by atoms with E-state index in [-0.39, 0.29) is 11.6 Å². The molecule has 1 aliphatic heterocycles. The van der Waals surface area contributed by atoms with Crippen LogP contribution >= 0.6 is 0 Å². The van der Waals surface area contributed by atoms with Crippen molar-refractivity contribution in [3.63, 3.8) is 0 Å². The van der Waals surface area contributed by atoms with Crippen LogP contribution in [-0.4, -0.2) is 19.3 Å². The number of nitrogens with two attached hydrogens (primary N) is 1. The zero-order valence-electron chi connectivity index (χ0n) is 11.4. The Kier molecular flexibility index (Phi) is 3.76. The molecule has 0 aromatic heterocycles. The van der Waals surface area contributed by atoms with E-state index in [0.29, 0.717) is 6.61 Å². The summed E-state index contributed by atoms with van der Waals surface area (Å²) in [5, 5.41) is 0. The summed E-state index contributed by atoms with van der Waals surface area (Å²) in [6.45, 7) is 1.52. The first-order chi connectivity index (χ1) is 9.26. The van der Waals surface area contributed by atoms with Crippen molar-refractivity contribution in [3.05, 3.63) is 29.8 Å². The van der Waals surface area contributed by atoms with Gasteiger partial charge in [-0.05, 0) is 30.5 Å². The van der Waals surface area contributed by atoms with Crippen molar-refractivity contribution in [3.8, 4) is 5.75 Å². The first-order valence-electron chi connectivity index (χ1n) is 7.40. The fourth-order valence-corrected chi connectivity index (χ4v) is 3.15. The molecule has 1 unspecified atom stereocenters. The molecule has 1 saturated heterocycles. The van der Waals surface area contributed by atoms with E-state index in [1.54, 1.807) is 0 Å². The van der Waals surface area contributed by atoms with Crippen molar-refractivity contribution >= 4 is 0 Å². The van der Waals surface area contributed by atoms with Gasteiger partial charge in [0.05, 0.1) is 13.2 Å². The lowest BCUT2D eigenvalue weighted by molar-refractivity contribution is 0.141. The largest absolute Gasteiger partial charge is 0.488 e.